The van der Waals surface area contributed by atoms with Gasteiger partial charge in [-0.25, -0.2) is 0 Å². The predicted molar refractivity (Wildman–Crippen MR) is 79.2 cm³/mol. The number of aryl methyl sites for hydroxylation is 3. The van der Waals surface area contributed by atoms with Crippen LogP contribution in [0.15, 0.2) is 12.1 Å². The summed E-state index contributed by atoms with van der Waals surface area (Å²) < 4.78 is 0. The van der Waals surface area contributed by atoms with Crippen LogP contribution in [-0.2, 0) is 25.7 Å². The van der Waals surface area contributed by atoms with Gasteiger partial charge in [-0.05, 0) is 47.9 Å². The smallest absolute Gasteiger partial charge is 0.0471 e. The monoisotopic (exact) mass is 248 g/mol. The van der Waals surface area contributed by atoms with Gasteiger partial charge in [-0.2, -0.15) is 0 Å². The maximum Gasteiger partial charge on any atom is 0.0471 e. The van der Waals surface area contributed by atoms with Gasteiger partial charge >= 0.3 is 0 Å². The summed E-state index contributed by atoms with van der Waals surface area (Å²) in [6.07, 6.45) is 7.84. The van der Waals surface area contributed by atoms with Gasteiger partial charge in [0.2, 0.25) is 0 Å². The van der Waals surface area contributed by atoms with Gasteiger partial charge in [-0.1, -0.05) is 52.2 Å². The van der Waals surface area contributed by atoms with Crippen molar-refractivity contribution in [2.24, 2.45) is 0 Å². The average molecular weight is 248 g/mol. The van der Waals surface area contributed by atoms with Gasteiger partial charge < -0.3 is 5.11 Å². The van der Waals surface area contributed by atoms with E-state index in [0.29, 0.717) is 0 Å². The van der Waals surface area contributed by atoms with Crippen LogP contribution in [0, 0.1) is 0 Å². The maximum atomic E-state index is 9.28. The first-order valence-electron chi connectivity index (χ1n) is 7.51. The Morgan fingerprint density at radius 1 is 0.778 bits per heavy atom. The number of hydrogen-bond donors (Lipinski definition) is 1. The molecule has 0 bridgehead atoms. The molecule has 0 saturated heterocycles. The summed E-state index contributed by atoms with van der Waals surface area (Å²) in [6.45, 7) is 6.96. The highest BCUT2D eigenvalue weighted by molar-refractivity contribution is 5.40. The van der Waals surface area contributed by atoms with E-state index in [0.717, 1.165) is 19.3 Å². The van der Waals surface area contributed by atoms with Crippen molar-refractivity contribution in [2.75, 3.05) is 6.61 Å². The first-order chi connectivity index (χ1) is 8.76. The zero-order valence-corrected chi connectivity index (χ0v) is 12.3. The molecule has 0 aliphatic carbocycles. The van der Waals surface area contributed by atoms with Gasteiger partial charge in [-0.3, -0.25) is 0 Å². The molecule has 0 saturated carbocycles. The van der Waals surface area contributed by atoms with Crippen molar-refractivity contribution in [3.8, 4) is 0 Å². The minimum absolute atomic E-state index is 0.264. The molecule has 1 aromatic rings. The van der Waals surface area contributed by atoms with E-state index in [1.54, 1.807) is 0 Å². The second-order valence-electron chi connectivity index (χ2n) is 5.12. The molecule has 0 fully saturated rings. The lowest BCUT2D eigenvalue weighted by Gasteiger charge is -2.16. The second kappa shape index (κ2) is 8.31. The van der Waals surface area contributed by atoms with E-state index >= 15 is 0 Å². The van der Waals surface area contributed by atoms with Crippen LogP contribution in [0.4, 0.5) is 0 Å². The minimum Gasteiger partial charge on any atom is -0.396 e. The third-order valence-electron chi connectivity index (χ3n) is 3.43. The van der Waals surface area contributed by atoms with E-state index < -0.39 is 0 Å². The van der Waals surface area contributed by atoms with Crippen molar-refractivity contribution in [2.45, 2.75) is 65.7 Å². The van der Waals surface area contributed by atoms with Crippen LogP contribution in [0.3, 0.4) is 0 Å². The average Bonchev–Trinajstić information content (AvgIpc) is 2.34. The van der Waals surface area contributed by atoms with E-state index in [1.165, 1.54) is 47.9 Å². The van der Waals surface area contributed by atoms with E-state index in [1.807, 2.05) is 0 Å². The molecular formula is C17H28O. The third-order valence-corrected chi connectivity index (χ3v) is 3.43. The molecular weight excluding hydrogens is 220 g/mol. The molecule has 0 radical (unpaired) electrons. The van der Waals surface area contributed by atoms with Crippen LogP contribution in [0.2, 0.25) is 0 Å². The fourth-order valence-corrected chi connectivity index (χ4v) is 2.72. The molecule has 0 atom stereocenters. The Morgan fingerprint density at radius 3 is 1.67 bits per heavy atom. The number of aliphatic hydroxyl groups excluding tert-OH is 1. The van der Waals surface area contributed by atoms with Gasteiger partial charge in [-0.15, -0.1) is 0 Å². The first kappa shape index (κ1) is 15.2. The second-order valence-corrected chi connectivity index (χ2v) is 5.12. The van der Waals surface area contributed by atoms with Crippen molar-refractivity contribution in [3.05, 3.63) is 34.4 Å². The topological polar surface area (TPSA) is 20.2 Å². The van der Waals surface area contributed by atoms with Crippen molar-refractivity contribution in [1.82, 2.24) is 0 Å². The molecule has 0 spiro atoms. The zero-order valence-electron chi connectivity index (χ0n) is 12.3. The highest BCUT2D eigenvalue weighted by Crippen LogP contribution is 2.22. The number of rotatable bonds is 8. The Bertz CT molecular complexity index is 328. The summed E-state index contributed by atoms with van der Waals surface area (Å²) >= 11 is 0. The summed E-state index contributed by atoms with van der Waals surface area (Å²) in [4.78, 5) is 0. The molecule has 1 N–H and O–H groups in total. The fourth-order valence-electron chi connectivity index (χ4n) is 2.72. The molecule has 0 aliphatic rings. The van der Waals surface area contributed by atoms with Gasteiger partial charge in [0.25, 0.3) is 0 Å². The van der Waals surface area contributed by atoms with E-state index in [9.17, 15) is 5.11 Å². The zero-order chi connectivity index (χ0) is 13.4. The van der Waals surface area contributed by atoms with Gasteiger partial charge in [0.1, 0.15) is 0 Å². The Labute approximate surface area is 112 Å². The lowest BCUT2D eigenvalue weighted by molar-refractivity contribution is 0.299. The minimum atomic E-state index is 0.264. The Kier molecular flexibility index (Phi) is 7.04. The molecule has 1 nitrogen and oxygen atoms in total. The van der Waals surface area contributed by atoms with Crippen LogP contribution in [0.25, 0.3) is 0 Å². The summed E-state index contributed by atoms with van der Waals surface area (Å²) in [6, 6.07) is 4.74. The molecule has 102 valence electrons. The molecule has 0 unspecified atom stereocenters. The summed E-state index contributed by atoms with van der Waals surface area (Å²) in [7, 11) is 0. The van der Waals surface area contributed by atoms with Crippen LogP contribution in [-0.4, -0.2) is 11.7 Å². The van der Waals surface area contributed by atoms with Gasteiger partial charge in [0.05, 0.1) is 0 Å². The van der Waals surface area contributed by atoms with Gasteiger partial charge in [0.15, 0.2) is 0 Å². The standard InChI is InChI=1S/C17H28O/c1-4-7-14-12-15(8-5-2)17(10-11-18)16(13-14)9-6-3/h12-13,18H,4-11H2,1-3H3. The first-order valence-corrected chi connectivity index (χ1v) is 7.51. The lowest BCUT2D eigenvalue weighted by Crippen LogP contribution is -2.05. The highest BCUT2D eigenvalue weighted by atomic mass is 16.2. The fraction of sp³-hybridized carbons (Fsp3) is 0.647. The van der Waals surface area contributed by atoms with Crippen molar-refractivity contribution in [3.63, 3.8) is 0 Å². The molecule has 0 aliphatic heterocycles. The summed E-state index contributed by atoms with van der Waals surface area (Å²) in [5.41, 5.74) is 5.84. The molecule has 0 heterocycles. The Balaban J connectivity index is 3.15. The van der Waals surface area contributed by atoms with Crippen LogP contribution in [0.5, 0.6) is 0 Å². The quantitative estimate of drug-likeness (QED) is 0.735. The molecule has 0 amide bonds. The van der Waals surface area contributed by atoms with Crippen molar-refractivity contribution in [1.29, 1.82) is 0 Å². The third kappa shape index (κ3) is 4.13. The Morgan fingerprint density at radius 2 is 1.28 bits per heavy atom. The molecule has 1 rings (SSSR count). The number of aliphatic hydroxyl groups is 1. The van der Waals surface area contributed by atoms with E-state index in [-0.39, 0.29) is 6.61 Å². The largest absolute Gasteiger partial charge is 0.396 e. The molecule has 0 aromatic heterocycles. The molecule has 18 heavy (non-hydrogen) atoms. The predicted octanol–water partition coefficient (Wildman–Crippen LogP) is 4.08. The van der Waals surface area contributed by atoms with Crippen LogP contribution in [0.1, 0.15) is 62.3 Å². The molecule has 1 heteroatoms. The highest BCUT2D eigenvalue weighted by Gasteiger charge is 2.09. The molecule has 1 aromatic carbocycles. The number of hydrogen-bond acceptors (Lipinski definition) is 1. The Hall–Kier alpha value is -0.820. The lowest BCUT2D eigenvalue weighted by atomic mass is 9.90. The van der Waals surface area contributed by atoms with E-state index in [4.69, 9.17) is 0 Å². The summed E-state index contributed by atoms with van der Waals surface area (Å²) in [5.74, 6) is 0. The van der Waals surface area contributed by atoms with E-state index in [2.05, 4.69) is 32.9 Å². The maximum absolute atomic E-state index is 9.28. The van der Waals surface area contributed by atoms with Crippen LogP contribution >= 0.6 is 0 Å². The van der Waals surface area contributed by atoms with Crippen LogP contribution < -0.4 is 0 Å². The number of benzene rings is 1. The van der Waals surface area contributed by atoms with Crippen molar-refractivity contribution < 1.29 is 5.11 Å². The van der Waals surface area contributed by atoms with Crippen molar-refractivity contribution >= 4 is 0 Å². The summed E-state index contributed by atoms with van der Waals surface area (Å²) in [5, 5.41) is 9.28. The normalized spacial score (nSPS) is 10.9. The van der Waals surface area contributed by atoms with Gasteiger partial charge in [0, 0.05) is 6.61 Å². The SMILES string of the molecule is CCCc1cc(CCC)c(CCO)c(CCC)c1.